The van der Waals surface area contributed by atoms with Crippen LogP contribution in [0.4, 0.5) is 4.79 Å². The topological polar surface area (TPSA) is 43.4 Å². The molecule has 7 atom stereocenters. The maximum atomic E-state index is 12.2. The first-order valence-electron chi connectivity index (χ1n) is 10.3. The molecule has 0 spiro atoms. The zero-order chi connectivity index (χ0) is 18.7. The summed E-state index contributed by atoms with van der Waals surface area (Å²) in [5.41, 5.74) is 2.03. The third-order valence-electron chi connectivity index (χ3n) is 8.81. The number of halogens is 1. The normalized spacial score (nSPS) is 47.2. The van der Waals surface area contributed by atoms with Crippen molar-refractivity contribution in [3.05, 3.63) is 11.6 Å². The minimum atomic E-state index is -0.180. The summed E-state index contributed by atoms with van der Waals surface area (Å²) >= 11 is 1.74. The molecular weight excluding hydrogens is 439 g/mol. The fourth-order valence-electron chi connectivity index (χ4n) is 7.53. The Morgan fingerprint density at radius 2 is 1.88 bits per heavy atom. The van der Waals surface area contributed by atoms with Crippen LogP contribution in [0.3, 0.4) is 0 Å². The number of allylic oxidation sites excluding steroid dienone is 1. The number of ether oxygens (including phenoxy) is 1. The van der Waals surface area contributed by atoms with Crippen LogP contribution in [0.2, 0.25) is 0 Å². The van der Waals surface area contributed by atoms with Crippen molar-refractivity contribution in [3.8, 4) is 0 Å². The molecule has 0 radical (unpaired) electrons. The van der Waals surface area contributed by atoms with E-state index in [-0.39, 0.29) is 26.8 Å². The lowest BCUT2D eigenvalue weighted by Crippen LogP contribution is -2.51. The SMILES string of the molecule is CC(=O)C1CCC2C3CC=C4CC(OC(=O)I)CCC4(C)C3CCC12C. The van der Waals surface area contributed by atoms with E-state index in [2.05, 4.69) is 19.9 Å². The van der Waals surface area contributed by atoms with Crippen molar-refractivity contribution in [2.75, 3.05) is 0 Å². The van der Waals surface area contributed by atoms with Gasteiger partial charge < -0.3 is 4.74 Å². The molecule has 4 rings (SSSR count). The Labute approximate surface area is 170 Å². The second-order valence-electron chi connectivity index (χ2n) is 9.76. The molecule has 0 aliphatic heterocycles. The Morgan fingerprint density at radius 1 is 1.12 bits per heavy atom. The highest BCUT2D eigenvalue weighted by Gasteiger charge is 2.59. The van der Waals surface area contributed by atoms with E-state index in [1.54, 1.807) is 29.5 Å². The summed E-state index contributed by atoms with van der Waals surface area (Å²) in [6.07, 6.45) is 11.6. The number of hydrogen-bond donors (Lipinski definition) is 0. The molecule has 4 heteroatoms. The van der Waals surface area contributed by atoms with Gasteiger partial charge in [-0.3, -0.25) is 4.79 Å². The smallest absolute Gasteiger partial charge is 0.367 e. The predicted octanol–water partition coefficient (Wildman–Crippen LogP) is 6.09. The Bertz CT molecular complexity index is 656. The summed E-state index contributed by atoms with van der Waals surface area (Å²) in [5.74, 6) is 2.87. The highest BCUT2D eigenvalue weighted by molar-refractivity contribution is 14.1. The average Bonchev–Trinajstić information content (AvgIpc) is 2.92. The molecule has 0 aromatic heterocycles. The van der Waals surface area contributed by atoms with Crippen LogP contribution in [0.15, 0.2) is 11.6 Å². The van der Waals surface area contributed by atoms with Gasteiger partial charge in [0.2, 0.25) is 0 Å². The van der Waals surface area contributed by atoms with Crippen molar-refractivity contribution >= 4 is 32.4 Å². The first-order valence-corrected chi connectivity index (χ1v) is 11.4. The van der Waals surface area contributed by atoms with Gasteiger partial charge in [-0.2, -0.15) is 0 Å². The molecule has 0 aromatic rings. The molecule has 3 saturated carbocycles. The third-order valence-corrected chi connectivity index (χ3v) is 9.06. The largest absolute Gasteiger partial charge is 0.455 e. The highest BCUT2D eigenvalue weighted by atomic mass is 127. The second-order valence-corrected chi connectivity index (χ2v) is 10.6. The quantitative estimate of drug-likeness (QED) is 0.279. The molecule has 0 aromatic carbocycles. The molecule has 4 aliphatic carbocycles. The Hall–Kier alpha value is -0.390. The van der Waals surface area contributed by atoms with Crippen molar-refractivity contribution in [1.82, 2.24) is 0 Å². The summed E-state index contributed by atoms with van der Waals surface area (Å²) in [7, 11) is 0. The molecule has 0 heterocycles. The number of carbonyl (C=O) groups excluding carboxylic acids is 2. The molecule has 144 valence electrons. The summed E-state index contributed by atoms with van der Waals surface area (Å²) in [6.45, 7) is 6.68. The molecular formula is C22H31IO3. The summed E-state index contributed by atoms with van der Waals surface area (Å²) in [6, 6.07) is 0. The Morgan fingerprint density at radius 3 is 2.58 bits per heavy atom. The lowest BCUT2D eigenvalue weighted by atomic mass is 9.47. The summed E-state index contributed by atoms with van der Waals surface area (Å²) < 4.78 is 5.34. The Kier molecular flexibility index (Phi) is 4.81. The minimum absolute atomic E-state index is 0.0673. The number of rotatable bonds is 2. The van der Waals surface area contributed by atoms with Crippen LogP contribution >= 0.6 is 22.6 Å². The van der Waals surface area contributed by atoms with E-state index in [9.17, 15) is 9.59 Å². The maximum absolute atomic E-state index is 12.2. The van der Waals surface area contributed by atoms with E-state index >= 15 is 0 Å². The monoisotopic (exact) mass is 470 g/mol. The van der Waals surface area contributed by atoms with E-state index in [0.717, 1.165) is 43.9 Å². The zero-order valence-corrected chi connectivity index (χ0v) is 18.4. The summed E-state index contributed by atoms with van der Waals surface area (Å²) in [5, 5.41) is 0. The van der Waals surface area contributed by atoms with Gasteiger partial charge in [0, 0.05) is 12.3 Å². The summed E-state index contributed by atoms with van der Waals surface area (Å²) in [4.78, 5) is 23.6. The van der Waals surface area contributed by atoms with E-state index in [4.69, 9.17) is 4.74 Å². The second kappa shape index (κ2) is 6.59. The van der Waals surface area contributed by atoms with E-state index in [0.29, 0.717) is 11.7 Å². The molecule has 0 amide bonds. The van der Waals surface area contributed by atoms with Gasteiger partial charge in [-0.05, 0) is 80.5 Å². The van der Waals surface area contributed by atoms with Crippen molar-refractivity contribution in [2.24, 2.45) is 34.5 Å². The van der Waals surface area contributed by atoms with Gasteiger partial charge in [0.05, 0.1) is 22.6 Å². The standard InChI is InChI=1S/C22H31IO3/c1-13(24)17-6-7-18-16-5-4-14-12-15(26-20(23)25)8-10-21(14,2)19(16)9-11-22(17,18)3/h4,15-19H,5-12H2,1-3H3. The van der Waals surface area contributed by atoms with Crippen LogP contribution in [0.25, 0.3) is 0 Å². The van der Waals surface area contributed by atoms with E-state index in [1.807, 2.05) is 0 Å². The molecule has 0 N–H and O–H groups in total. The number of hydrogen-bond acceptors (Lipinski definition) is 3. The van der Waals surface area contributed by atoms with Crippen molar-refractivity contribution in [3.63, 3.8) is 0 Å². The fourth-order valence-corrected chi connectivity index (χ4v) is 7.89. The van der Waals surface area contributed by atoms with Crippen molar-refractivity contribution in [2.45, 2.75) is 78.2 Å². The first kappa shape index (κ1) is 18.9. The minimum Gasteiger partial charge on any atom is -0.455 e. The van der Waals surface area contributed by atoms with Crippen LogP contribution in [0.5, 0.6) is 0 Å². The van der Waals surface area contributed by atoms with Crippen LogP contribution < -0.4 is 0 Å². The van der Waals surface area contributed by atoms with Crippen LogP contribution in [-0.2, 0) is 9.53 Å². The number of carbonyl (C=O) groups is 2. The molecule has 0 bridgehead atoms. The van der Waals surface area contributed by atoms with Gasteiger partial charge in [0.15, 0.2) is 0 Å². The van der Waals surface area contributed by atoms with Gasteiger partial charge >= 0.3 is 3.98 Å². The van der Waals surface area contributed by atoms with Gasteiger partial charge in [-0.1, -0.05) is 25.5 Å². The molecule has 3 fully saturated rings. The van der Waals surface area contributed by atoms with Gasteiger partial charge in [-0.25, -0.2) is 4.79 Å². The average molecular weight is 470 g/mol. The lowest BCUT2D eigenvalue weighted by molar-refractivity contribution is -0.127. The van der Waals surface area contributed by atoms with E-state index < -0.39 is 0 Å². The number of Topliss-reactive ketones (excluding diaryl/α,β-unsaturated/α-hetero) is 1. The van der Waals surface area contributed by atoms with Crippen LogP contribution in [0, 0.1) is 34.5 Å². The molecule has 4 aliphatic rings. The first-order chi connectivity index (χ1) is 12.3. The van der Waals surface area contributed by atoms with Gasteiger partial charge in [0.1, 0.15) is 11.9 Å². The highest BCUT2D eigenvalue weighted by Crippen LogP contribution is 2.66. The predicted molar refractivity (Wildman–Crippen MR) is 110 cm³/mol. The fraction of sp³-hybridized carbons (Fsp3) is 0.818. The van der Waals surface area contributed by atoms with Gasteiger partial charge in [0.25, 0.3) is 0 Å². The van der Waals surface area contributed by atoms with E-state index in [1.165, 1.54) is 24.8 Å². The van der Waals surface area contributed by atoms with Crippen molar-refractivity contribution in [1.29, 1.82) is 0 Å². The number of fused-ring (bicyclic) bond motifs is 5. The van der Waals surface area contributed by atoms with Crippen LogP contribution in [0.1, 0.15) is 72.1 Å². The molecule has 0 saturated heterocycles. The number of ketones is 1. The third kappa shape index (κ3) is 2.80. The van der Waals surface area contributed by atoms with Crippen molar-refractivity contribution < 1.29 is 14.3 Å². The maximum Gasteiger partial charge on any atom is 0.367 e. The van der Waals surface area contributed by atoms with Gasteiger partial charge in [-0.15, -0.1) is 0 Å². The van der Waals surface area contributed by atoms with Crippen LogP contribution in [-0.4, -0.2) is 15.9 Å². The Balaban J connectivity index is 1.59. The molecule has 3 nitrogen and oxygen atoms in total. The molecule has 7 unspecified atom stereocenters. The lowest BCUT2D eigenvalue weighted by Gasteiger charge is -2.58. The zero-order valence-electron chi connectivity index (χ0n) is 16.2. The molecule has 26 heavy (non-hydrogen) atoms.